The summed E-state index contributed by atoms with van der Waals surface area (Å²) in [6.45, 7) is 13.4. The van der Waals surface area contributed by atoms with Gasteiger partial charge in [-0.05, 0) is 25.1 Å². The number of nitrogens with zero attached hydrogens (tertiary/aromatic N) is 1. The lowest BCUT2D eigenvalue weighted by Crippen LogP contribution is -2.40. The highest BCUT2D eigenvalue weighted by atomic mass is 32.1. The van der Waals surface area contributed by atoms with E-state index in [9.17, 15) is 9.59 Å². The Kier molecular flexibility index (Phi) is 5.08. The molecule has 0 N–H and O–H groups in total. The molecule has 0 saturated heterocycles. The highest BCUT2D eigenvalue weighted by Gasteiger charge is 2.37. The first kappa shape index (κ1) is 18.9. The fraction of sp³-hybridized carbons (Fsp3) is 0.529. The molecule has 2 aromatic rings. The van der Waals surface area contributed by atoms with Crippen LogP contribution in [0.4, 0.5) is 0 Å². The Balaban J connectivity index is 2.37. The predicted octanol–water partition coefficient (Wildman–Crippen LogP) is 4.43. The molecule has 0 bridgehead atoms. The second kappa shape index (κ2) is 6.46. The van der Waals surface area contributed by atoms with E-state index in [1.165, 1.54) is 18.4 Å². The summed E-state index contributed by atoms with van der Waals surface area (Å²) in [5.41, 5.74) is 1.45. The van der Waals surface area contributed by atoms with Crippen LogP contribution in [0.25, 0.3) is 4.83 Å². The molecule has 2 aromatic heterocycles. The number of carbonyl (C=O) groups is 2. The van der Waals surface area contributed by atoms with E-state index in [4.69, 9.17) is 9.16 Å². The van der Waals surface area contributed by atoms with Crippen molar-refractivity contribution >= 4 is 36.7 Å². The number of aromatic nitrogens is 1. The topological polar surface area (TPSA) is 57.0 Å². The van der Waals surface area contributed by atoms with E-state index >= 15 is 0 Å². The van der Waals surface area contributed by atoms with Gasteiger partial charge in [-0.3, -0.25) is 4.79 Å². The average molecular weight is 368 g/mol. The van der Waals surface area contributed by atoms with Crippen LogP contribution in [0.5, 0.6) is 0 Å². The number of fused-ring (bicyclic) bond motifs is 1. The molecule has 0 saturated carbocycles. The lowest BCUT2D eigenvalue weighted by atomic mass is 10.2. The quantitative estimate of drug-likeness (QED) is 0.446. The van der Waals surface area contributed by atoms with Crippen molar-refractivity contribution in [2.75, 3.05) is 7.11 Å². The van der Waals surface area contributed by atoms with Crippen LogP contribution in [0, 0.1) is 6.92 Å². The molecule has 5 nitrogen and oxygen atoms in total. The van der Waals surface area contributed by atoms with Crippen LogP contribution in [0.1, 0.15) is 52.1 Å². The van der Waals surface area contributed by atoms with Crippen molar-refractivity contribution in [2.24, 2.45) is 0 Å². The Hall–Kier alpha value is -1.44. The standard InChI is InChI=1S/C17H25NO4SSi/c1-11-14(16(20)21-5)13(9-19)15-18(11)8-12(23-15)10-22-24(6,7)17(2,3)4/h8-9H,10H2,1-7H3. The van der Waals surface area contributed by atoms with Crippen molar-refractivity contribution in [1.82, 2.24) is 4.40 Å². The molecule has 2 heterocycles. The minimum Gasteiger partial charge on any atom is -0.465 e. The Labute approximate surface area is 147 Å². The van der Waals surface area contributed by atoms with E-state index in [1.807, 2.05) is 17.5 Å². The van der Waals surface area contributed by atoms with Gasteiger partial charge in [0.05, 0.1) is 24.8 Å². The number of hydrogen-bond acceptors (Lipinski definition) is 5. The molecule has 0 radical (unpaired) electrons. The number of aryl methyl sites for hydroxylation is 1. The average Bonchev–Trinajstić information content (AvgIpc) is 3.01. The maximum atomic E-state index is 11.9. The van der Waals surface area contributed by atoms with E-state index in [-0.39, 0.29) is 5.04 Å². The molecule has 0 aliphatic heterocycles. The number of ether oxygens (including phenoxy) is 1. The van der Waals surface area contributed by atoms with Crippen LogP contribution < -0.4 is 0 Å². The van der Waals surface area contributed by atoms with Gasteiger partial charge in [0.1, 0.15) is 4.83 Å². The molecular weight excluding hydrogens is 342 g/mol. The van der Waals surface area contributed by atoms with Crippen molar-refractivity contribution in [3.8, 4) is 0 Å². The van der Waals surface area contributed by atoms with Crippen LogP contribution in [0.15, 0.2) is 6.20 Å². The minimum atomic E-state index is -1.83. The summed E-state index contributed by atoms with van der Waals surface area (Å²) in [5, 5.41) is 0.147. The third-order valence-electron chi connectivity index (χ3n) is 4.83. The van der Waals surface area contributed by atoms with Crippen LogP contribution in [-0.4, -0.2) is 32.1 Å². The molecule has 0 aliphatic carbocycles. The van der Waals surface area contributed by atoms with Crippen molar-refractivity contribution in [2.45, 2.75) is 52.4 Å². The van der Waals surface area contributed by atoms with Gasteiger partial charge in [0, 0.05) is 16.8 Å². The predicted molar refractivity (Wildman–Crippen MR) is 98.7 cm³/mol. The van der Waals surface area contributed by atoms with Gasteiger partial charge in [0.15, 0.2) is 14.6 Å². The highest BCUT2D eigenvalue weighted by molar-refractivity contribution is 7.17. The summed E-state index contributed by atoms with van der Waals surface area (Å²) in [6.07, 6.45) is 2.67. The Morgan fingerprint density at radius 1 is 1.38 bits per heavy atom. The maximum absolute atomic E-state index is 11.9. The second-order valence-corrected chi connectivity index (χ2v) is 13.3. The minimum absolute atomic E-state index is 0.147. The van der Waals surface area contributed by atoms with Crippen LogP contribution in [0.3, 0.4) is 0 Å². The van der Waals surface area contributed by atoms with Gasteiger partial charge < -0.3 is 13.6 Å². The summed E-state index contributed by atoms with van der Waals surface area (Å²) in [5.74, 6) is -0.482. The zero-order valence-electron chi connectivity index (χ0n) is 15.4. The summed E-state index contributed by atoms with van der Waals surface area (Å²) in [6, 6.07) is 0. The molecule has 0 fully saturated rings. The lowest BCUT2D eigenvalue weighted by molar-refractivity contribution is 0.0598. The summed E-state index contributed by atoms with van der Waals surface area (Å²) >= 11 is 1.48. The van der Waals surface area contributed by atoms with Crippen molar-refractivity contribution in [1.29, 1.82) is 0 Å². The number of aldehydes is 1. The maximum Gasteiger partial charge on any atom is 0.340 e. The Morgan fingerprint density at radius 2 is 2.00 bits per heavy atom. The summed E-state index contributed by atoms with van der Waals surface area (Å²) in [7, 11) is -0.513. The van der Waals surface area contributed by atoms with E-state index in [2.05, 4.69) is 33.9 Å². The number of rotatable bonds is 5. The van der Waals surface area contributed by atoms with Gasteiger partial charge in [0.25, 0.3) is 0 Å². The largest absolute Gasteiger partial charge is 0.465 e. The number of carbonyl (C=O) groups excluding carboxylic acids is 2. The molecule has 0 atom stereocenters. The molecule has 7 heteroatoms. The van der Waals surface area contributed by atoms with Gasteiger partial charge in [-0.1, -0.05) is 20.8 Å². The molecule has 2 rings (SSSR count). The summed E-state index contributed by atoms with van der Waals surface area (Å²) < 4.78 is 12.9. The third-order valence-corrected chi connectivity index (χ3v) is 10.4. The van der Waals surface area contributed by atoms with E-state index in [1.54, 1.807) is 0 Å². The number of hydrogen-bond donors (Lipinski definition) is 0. The fourth-order valence-corrected chi connectivity index (χ4v) is 4.39. The second-order valence-electron chi connectivity index (χ2n) is 7.41. The first-order valence-corrected chi connectivity index (χ1v) is 11.6. The molecule has 0 aromatic carbocycles. The molecule has 0 amide bonds. The number of esters is 1. The van der Waals surface area contributed by atoms with E-state index < -0.39 is 14.3 Å². The lowest BCUT2D eigenvalue weighted by Gasteiger charge is -2.35. The molecule has 0 unspecified atom stereocenters. The number of thiazole rings is 1. The van der Waals surface area contributed by atoms with Gasteiger partial charge in [0.2, 0.25) is 0 Å². The fourth-order valence-electron chi connectivity index (χ4n) is 2.26. The Morgan fingerprint density at radius 3 is 2.50 bits per heavy atom. The third kappa shape index (κ3) is 3.20. The molecule has 24 heavy (non-hydrogen) atoms. The Bertz CT molecular complexity index is 783. The van der Waals surface area contributed by atoms with Crippen molar-refractivity contribution in [3.05, 3.63) is 27.9 Å². The van der Waals surface area contributed by atoms with Gasteiger partial charge in [-0.2, -0.15) is 0 Å². The SMILES string of the molecule is COC(=O)c1c(C=O)c2sc(CO[Si](C)(C)C(C)(C)C)cn2c1C. The van der Waals surface area contributed by atoms with E-state index in [0.717, 1.165) is 16.0 Å². The highest BCUT2D eigenvalue weighted by Crippen LogP contribution is 2.38. The van der Waals surface area contributed by atoms with Crippen LogP contribution >= 0.6 is 11.3 Å². The first-order chi connectivity index (χ1) is 11.0. The number of methoxy groups -OCH3 is 1. The van der Waals surface area contributed by atoms with Crippen LogP contribution in [-0.2, 0) is 15.8 Å². The zero-order valence-corrected chi connectivity index (χ0v) is 17.2. The molecule has 0 spiro atoms. The zero-order chi connectivity index (χ0) is 18.3. The van der Waals surface area contributed by atoms with Gasteiger partial charge in [-0.15, -0.1) is 11.3 Å². The summed E-state index contributed by atoms with van der Waals surface area (Å²) in [4.78, 5) is 25.2. The van der Waals surface area contributed by atoms with Crippen LogP contribution in [0.2, 0.25) is 18.1 Å². The smallest absolute Gasteiger partial charge is 0.340 e. The molecule has 132 valence electrons. The van der Waals surface area contributed by atoms with Gasteiger partial charge >= 0.3 is 5.97 Å². The normalized spacial score (nSPS) is 12.6. The monoisotopic (exact) mass is 367 g/mol. The van der Waals surface area contributed by atoms with E-state index in [0.29, 0.717) is 23.4 Å². The molecular formula is C17H25NO4SSi. The van der Waals surface area contributed by atoms with Crippen molar-refractivity contribution < 1.29 is 18.8 Å². The van der Waals surface area contributed by atoms with Crippen molar-refractivity contribution in [3.63, 3.8) is 0 Å². The van der Waals surface area contributed by atoms with Gasteiger partial charge in [-0.25, -0.2) is 4.79 Å². The first-order valence-electron chi connectivity index (χ1n) is 7.84. The molecule has 0 aliphatic rings.